The molecule has 132 valence electrons. The highest BCUT2D eigenvalue weighted by Gasteiger charge is 2.04. The van der Waals surface area contributed by atoms with Gasteiger partial charge < -0.3 is 29.6 Å². The van der Waals surface area contributed by atoms with E-state index in [1.54, 1.807) is 0 Å². The maximum Gasteiger partial charge on any atom is 0.222 e. The van der Waals surface area contributed by atoms with E-state index in [1.165, 1.54) is 0 Å². The molecule has 0 aliphatic carbocycles. The van der Waals surface area contributed by atoms with Crippen LogP contribution in [-0.4, -0.2) is 78.9 Å². The molecule has 0 aromatic rings. The van der Waals surface area contributed by atoms with Crippen molar-refractivity contribution in [2.75, 3.05) is 73.0 Å². The van der Waals surface area contributed by atoms with Crippen LogP contribution in [0.15, 0.2) is 0 Å². The SMILES string of the molecule is CNCCOCCOCCOCCOCCNC(=O)C(C)C. The van der Waals surface area contributed by atoms with Crippen LogP contribution >= 0.6 is 0 Å². The van der Waals surface area contributed by atoms with Gasteiger partial charge in [0.05, 0.1) is 52.9 Å². The highest BCUT2D eigenvalue weighted by Crippen LogP contribution is 1.89. The molecule has 0 aromatic carbocycles. The lowest BCUT2D eigenvalue weighted by atomic mass is 10.2. The number of rotatable bonds is 16. The molecular formula is C15H32N2O5. The maximum atomic E-state index is 11.3. The Morgan fingerprint density at radius 3 is 1.59 bits per heavy atom. The summed E-state index contributed by atoms with van der Waals surface area (Å²) in [6, 6.07) is 0. The first kappa shape index (κ1) is 21.3. The Morgan fingerprint density at radius 2 is 1.18 bits per heavy atom. The minimum atomic E-state index is 0.0112. The monoisotopic (exact) mass is 320 g/mol. The number of hydrogen-bond donors (Lipinski definition) is 2. The van der Waals surface area contributed by atoms with Gasteiger partial charge in [-0.2, -0.15) is 0 Å². The van der Waals surface area contributed by atoms with Gasteiger partial charge >= 0.3 is 0 Å². The number of likely N-dealkylation sites (N-methyl/N-ethyl adjacent to an activating group) is 1. The number of hydrogen-bond acceptors (Lipinski definition) is 6. The molecule has 0 atom stereocenters. The van der Waals surface area contributed by atoms with Gasteiger partial charge in [-0.3, -0.25) is 4.79 Å². The number of ether oxygens (including phenoxy) is 4. The second-order valence-electron chi connectivity index (χ2n) is 5.00. The molecule has 0 unspecified atom stereocenters. The lowest BCUT2D eigenvalue weighted by molar-refractivity contribution is -0.124. The Balaban J connectivity index is 3.04. The van der Waals surface area contributed by atoms with Gasteiger partial charge in [0.15, 0.2) is 0 Å². The van der Waals surface area contributed by atoms with E-state index in [0.717, 1.165) is 6.54 Å². The van der Waals surface area contributed by atoms with Crippen molar-refractivity contribution in [1.29, 1.82) is 0 Å². The molecule has 22 heavy (non-hydrogen) atoms. The van der Waals surface area contributed by atoms with Gasteiger partial charge in [0, 0.05) is 19.0 Å². The molecular weight excluding hydrogens is 288 g/mol. The van der Waals surface area contributed by atoms with E-state index in [-0.39, 0.29) is 11.8 Å². The Morgan fingerprint density at radius 1 is 0.773 bits per heavy atom. The van der Waals surface area contributed by atoms with Crippen LogP contribution in [0.3, 0.4) is 0 Å². The molecule has 2 N–H and O–H groups in total. The second-order valence-corrected chi connectivity index (χ2v) is 5.00. The Labute approximate surface area is 134 Å². The molecule has 0 fully saturated rings. The first-order valence-electron chi connectivity index (χ1n) is 7.91. The number of nitrogens with one attached hydrogen (secondary N) is 2. The molecule has 0 aliphatic rings. The van der Waals surface area contributed by atoms with Crippen LogP contribution in [0.2, 0.25) is 0 Å². The molecule has 0 aromatic heterocycles. The standard InChI is InChI=1S/C15H32N2O5/c1-14(2)15(18)17-5-7-20-9-11-22-13-12-21-10-8-19-6-4-16-3/h14,16H,4-13H2,1-3H3,(H,17,18). The van der Waals surface area contributed by atoms with E-state index in [2.05, 4.69) is 10.6 Å². The van der Waals surface area contributed by atoms with Crippen molar-refractivity contribution in [3.05, 3.63) is 0 Å². The molecule has 1 amide bonds. The largest absolute Gasteiger partial charge is 0.378 e. The van der Waals surface area contributed by atoms with Crippen molar-refractivity contribution >= 4 is 5.91 Å². The smallest absolute Gasteiger partial charge is 0.222 e. The van der Waals surface area contributed by atoms with E-state index in [0.29, 0.717) is 59.4 Å². The molecule has 7 heteroatoms. The van der Waals surface area contributed by atoms with E-state index in [9.17, 15) is 4.79 Å². The van der Waals surface area contributed by atoms with Crippen LogP contribution in [0.25, 0.3) is 0 Å². The minimum absolute atomic E-state index is 0.0112. The lowest BCUT2D eigenvalue weighted by Gasteiger charge is -2.09. The highest BCUT2D eigenvalue weighted by molar-refractivity contribution is 5.77. The van der Waals surface area contributed by atoms with E-state index in [4.69, 9.17) is 18.9 Å². The summed E-state index contributed by atoms with van der Waals surface area (Å²) >= 11 is 0. The van der Waals surface area contributed by atoms with E-state index in [1.807, 2.05) is 20.9 Å². The summed E-state index contributed by atoms with van der Waals surface area (Å²) in [6.45, 7) is 9.65. The first-order chi connectivity index (χ1) is 10.7. The molecule has 0 heterocycles. The molecule has 0 spiro atoms. The van der Waals surface area contributed by atoms with E-state index < -0.39 is 0 Å². The van der Waals surface area contributed by atoms with Gasteiger partial charge in [0.1, 0.15) is 0 Å². The van der Waals surface area contributed by atoms with Crippen LogP contribution in [0.1, 0.15) is 13.8 Å². The van der Waals surface area contributed by atoms with Crippen molar-refractivity contribution in [1.82, 2.24) is 10.6 Å². The molecule has 0 saturated heterocycles. The third-order valence-electron chi connectivity index (χ3n) is 2.68. The van der Waals surface area contributed by atoms with Gasteiger partial charge in [0.25, 0.3) is 0 Å². The summed E-state index contributed by atoms with van der Waals surface area (Å²) in [5.41, 5.74) is 0. The predicted octanol–water partition coefficient (Wildman–Crippen LogP) is 0.0444. The van der Waals surface area contributed by atoms with Crippen molar-refractivity contribution < 1.29 is 23.7 Å². The number of carbonyl (C=O) groups is 1. The van der Waals surface area contributed by atoms with Gasteiger partial charge in [-0.15, -0.1) is 0 Å². The molecule has 0 saturated carbocycles. The predicted molar refractivity (Wildman–Crippen MR) is 85.1 cm³/mol. The molecule has 0 rings (SSSR count). The third-order valence-corrected chi connectivity index (χ3v) is 2.68. The summed E-state index contributed by atoms with van der Waals surface area (Å²) in [5, 5.41) is 5.79. The zero-order valence-corrected chi connectivity index (χ0v) is 14.2. The average Bonchev–Trinajstić information content (AvgIpc) is 2.50. The third kappa shape index (κ3) is 15.7. The van der Waals surface area contributed by atoms with Crippen LogP contribution in [0, 0.1) is 5.92 Å². The Kier molecular flexibility index (Phi) is 16.1. The van der Waals surface area contributed by atoms with Gasteiger partial charge in [-0.25, -0.2) is 0 Å². The molecule has 0 radical (unpaired) electrons. The minimum Gasteiger partial charge on any atom is -0.378 e. The van der Waals surface area contributed by atoms with Crippen molar-refractivity contribution in [3.63, 3.8) is 0 Å². The van der Waals surface area contributed by atoms with Crippen molar-refractivity contribution in [2.45, 2.75) is 13.8 Å². The fourth-order valence-corrected chi connectivity index (χ4v) is 1.39. The van der Waals surface area contributed by atoms with Crippen LogP contribution in [0.5, 0.6) is 0 Å². The summed E-state index contributed by atoms with van der Waals surface area (Å²) in [4.78, 5) is 11.3. The molecule has 0 bridgehead atoms. The van der Waals surface area contributed by atoms with Crippen molar-refractivity contribution in [3.8, 4) is 0 Å². The maximum absolute atomic E-state index is 11.3. The van der Waals surface area contributed by atoms with Crippen LogP contribution in [-0.2, 0) is 23.7 Å². The topological polar surface area (TPSA) is 78.1 Å². The number of carbonyl (C=O) groups excluding carboxylic acids is 1. The zero-order valence-electron chi connectivity index (χ0n) is 14.2. The zero-order chi connectivity index (χ0) is 16.5. The Bertz CT molecular complexity index is 252. The summed E-state index contributed by atoms with van der Waals surface area (Å²) in [5.74, 6) is 0.0592. The van der Waals surface area contributed by atoms with Crippen LogP contribution < -0.4 is 10.6 Å². The van der Waals surface area contributed by atoms with Crippen molar-refractivity contribution in [2.24, 2.45) is 5.92 Å². The molecule has 0 aliphatic heterocycles. The molecule has 7 nitrogen and oxygen atoms in total. The normalized spacial score (nSPS) is 11.1. The van der Waals surface area contributed by atoms with Crippen LogP contribution in [0.4, 0.5) is 0 Å². The first-order valence-corrected chi connectivity index (χ1v) is 7.91. The summed E-state index contributed by atoms with van der Waals surface area (Å²) in [6.07, 6.45) is 0. The summed E-state index contributed by atoms with van der Waals surface area (Å²) in [7, 11) is 1.89. The van der Waals surface area contributed by atoms with Gasteiger partial charge in [-0.1, -0.05) is 13.8 Å². The average molecular weight is 320 g/mol. The fraction of sp³-hybridized carbons (Fsp3) is 0.933. The highest BCUT2D eigenvalue weighted by atomic mass is 16.6. The van der Waals surface area contributed by atoms with Gasteiger partial charge in [0.2, 0.25) is 5.91 Å². The number of amides is 1. The van der Waals surface area contributed by atoms with Gasteiger partial charge in [-0.05, 0) is 7.05 Å². The lowest BCUT2D eigenvalue weighted by Crippen LogP contribution is -2.31. The second kappa shape index (κ2) is 16.6. The quantitative estimate of drug-likeness (QED) is 0.391. The Hall–Kier alpha value is -0.730. The summed E-state index contributed by atoms with van der Waals surface area (Å²) < 4.78 is 21.4. The van der Waals surface area contributed by atoms with E-state index >= 15 is 0 Å². The fourth-order valence-electron chi connectivity index (χ4n) is 1.39.